The molecule has 1 unspecified atom stereocenters. The zero-order valence-corrected chi connectivity index (χ0v) is 17.9. The van der Waals surface area contributed by atoms with Crippen molar-refractivity contribution in [3.8, 4) is 5.75 Å². The zero-order chi connectivity index (χ0) is 19.2. The van der Waals surface area contributed by atoms with Gasteiger partial charge in [0, 0.05) is 23.7 Å². The fourth-order valence-corrected chi connectivity index (χ4v) is 3.08. The maximum absolute atomic E-state index is 13.1. The summed E-state index contributed by atoms with van der Waals surface area (Å²) in [5, 5.41) is 2.42. The van der Waals surface area contributed by atoms with Crippen molar-refractivity contribution in [3.63, 3.8) is 0 Å². The highest BCUT2D eigenvalue weighted by molar-refractivity contribution is 6.35. The minimum absolute atomic E-state index is 0. The van der Waals surface area contributed by atoms with Gasteiger partial charge in [0.1, 0.15) is 5.75 Å². The van der Waals surface area contributed by atoms with Gasteiger partial charge in [0.15, 0.2) is 0 Å². The van der Waals surface area contributed by atoms with Crippen molar-refractivity contribution in [2.75, 3.05) is 13.1 Å². The summed E-state index contributed by atoms with van der Waals surface area (Å²) < 4.78 is 6.18. The third-order valence-electron chi connectivity index (χ3n) is 4.16. The third-order valence-corrected chi connectivity index (χ3v) is 4.69. The topological polar surface area (TPSA) is 38.8 Å². The van der Waals surface area contributed by atoms with Crippen molar-refractivity contribution in [3.05, 3.63) is 64.1 Å². The third kappa shape index (κ3) is 5.52. The second kappa shape index (κ2) is 10.8. The van der Waals surface area contributed by atoms with Gasteiger partial charge in [-0.3, -0.25) is 0 Å². The zero-order valence-electron chi connectivity index (χ0n) is 15.6. The molecule has 0 aromatic heterocycles. The van der Waals surface area contributed by atoms with E-state index < -0.39 is 11.6 Å². The van der Waals surface area contributed by atoms with Crippen LogP contribution in [0.5, 0.6) is 5.75 Å². The van der Waals surface area contributed by atoms with Crippen LogP contribution in [0.2, 0.25) is 10.0 Å². The van der Waals surface area contributed by atoms with E-state index in [2.05, 4.69) is 0 Å². The van der Waals surface area contributed by atoms with Gasteiger partial charge in [-0.2, -0.15) is 0 Å². The van der Waals surface area contributed by atoms with E-state index in [1.165, 1.54) is 0 Å². The second-order valence-electron chi connectivity index (χ2n) is 5.72. The van der Waals surface area contributed by atoms with Gasteiger partial charge in [-0.05, 0) is 38.5 Å². The van der Waals surface area contributed by atoms with E-state index >= 15 is 0 Å². The second-order valence-corrected chi connectivity index (χ2v) is 6.56. The summed E-state index contributed by atoms with van der Waals surface area (Å²) in [7, 11) is 0. The predicted molar refractivity (Wildman–Crippen MR) is 112 cm³/mol. The minimum atomic E-state index is -1.32. The molecule has 0 saturated heterocycles. The first-order valence-corrected chi connectivity index (χ1v) is 9.39. The van der Waals surface area contributed by atoms with Crippen molar-refractivity contribution in [2.45, 2.75) is 32.8 Å². The van der Waals surface area contributed by atoms with Gasteiger partial charge in [0.2, 0.25) is 5.60 Å². The molecule has 27 heavy (non-hydrogen) atoms. The van der Waals surface area contributed by atoms with Gasteiger partial charge in [0.05, 0.1) is 5.02 Å². The fraction of sp³-hybridized carbons (Fsp3) is 0.350. The standard InChI is InChI=1S/C20H23Cl2NO3.ClH/c1-4-20(15-10-8-7-9-11-15,19(24)26-23(5-2)6-3)25-18-13-12-16(21)14-17(18)22;/h7-14H,4-6H2,1-3H3;1H. The molecule has 0 aliphatic rings. The molecule has 2 rings (SSSR count). The van der Waals surface area contributed by atoms with E-state index in [0.29, 0.717) is 40.9 Å². The maximum atomic E-state index is 13.1. The first-order chi connectivity index (χ1) is 12.5. The Morgan fingerprint density at radius 1 is 1.04 bits per heavy atom. The molecule has 1 atom stereocenters. The summed E-state index contributed by atoms with van der Waals surface area (Å²) >= 11 is 12.2. The largest absolute Gasteiger partial charge is 0.469 e. The average Bonchev–Trinajstić information content (AvgIpc) is 2.66. The predicted octanol–water partition coefficient (Wildman–Crippen LogP) is 5.90. The van der Waals surface area contributed by atoms with Crippen LogP contribution in [-0.4, -0.2) is 24.1 Å². The monoisotopic (exact) mass is 431 g/mol. The number of carbonyl (C=O) groups is 1. The number of hydroxylamine groups is 2. The number of rotatable bonds is 8. The Hall–Kier alpha value is -1.46. The molecule has 0 heterocycles. The lowest BCUT2D eigenvalue weighted by atomic mass is 9.90. The number of carbonyl (C=O) groups excluding carboxylic acids is 1. The van der Waals surface area contributed by atoms with Crippen LogP contribution in [0.1, 0.15) is 32.8 Å². The summed E-state index contributed by atoms with van der Waals surface area (Å²) in [6, 6.07) is 14.2. The van der Waals surface area contributed by atoms with E-state index in [-0.39, 0.29) is 12.4 Å². The minimum Gasteiger partial charge on any atom is -0.469 e. The molecule has 0 radical (unpaired) electrons. The van der Waals surface area contributed by atoms with Gasteiger partial charge < -0.3 is 9.57 Å². The normalized spacial score (nSPS) is 12.8. The quantitative estimate of drug-likeness (QED) is 0.487. The molecule has 0 aliphatic carbocycles. The molecule has 0 N–H and O–H groups in total. The Kier molecular flexibility index (Phi) is 9.40. The van der Waals surface area contributed by atoms with E-state index in [9.17, 15) is 4.79 Å². The van der Waals surface area contributed by atoms with Crippen LogP contribution in [-0.2, 0) is 15.2 Å². The fourth-order valence-electron chi connectivity index (χ4n) is 2.64. The summed E-state index contributed by atoms with van der Waals surface area (Å²) in [4.78, 5) is 18.7. The Labute approximate surface area is 176 Å². The Bertz CT molecular complexity index is 739. The smallest absolute Gasteiger partial charge is 0.374 e. The van der Waals surface area contributed by atoms with Gasteiger partial charge in [0.25, 0.3) is 0 Å². The van der Waals surface area contributed by atoms with Crippen molar-refractivity contribution in [1.82, 2.24) is 5.06 Å². The summed E-state index contributed by atoms with van der Waals surface area (Å²) in [6.07, 6.45) is 0.371. The molecule has 0 amide bonds. The van der Waals surface area contributed by atoms with Crippen LogP contribution in [0.4, 0.5) is 0 Å². The molecule has 2 aromatic carbocycles. The lowest BCUT2D eigenvalue weighted by Gasteiger charge is -2.33. The molecule has 0 fully saturated rings. The van der Waals surface area contributed by atoms with Crippen molar-refractivity contribution in [1.29, 1.82) is 0 Å². The number of halogens is 3. The van der Waals surface area contributed by atoms with Gasteiger partial charge in [-0.15, -0.1) is 17.5 Å². The average molecular weight is 433 g/mol. The van der Waals surface area contributed by atoms with Crippen molar-refractivity contribution < 1.29 is 14.4 Å². The van der Waals surface area contributed by atoms with Crippen LogP contribution in [0.3, 0.4) is 0 Å². The first-order valence-electron chi connectivity index (χ1n) is 8.63. The maximum Gasteiger partial charge on any atom is 0.374 e. The van der Waals surface area contributed by atoms with E-state index in [1.807, 2.05) is 51.1 Å². The number of ether oxygens (including phenoxy) is 1. The SMILES string of the molecule is CCN(CC)OC(=O)C(CC)(Oc1ccc(Cl)cc1Cl)c1ccccc1.Cl. The van der Waals surface area contributed by atoms with Crippen molar-refractivity contribution in [2.24, 2.45) is 0 Å². The van der Waals surface area contributed by atoms with E-state index in [4.69, 9.17) is 32.8 Å². The Balaban J connectivity index is 0.00000364. The lowest BCUT2D eigenvalue weighted by molar-refractivity contribution is -0.208. The van der Waals surface area contributed by atoms with Gasteiger partial charge >= 0.3 is 5.97 Å². The van der Waals surface area contributed by atoms with Gasteiger partial charge in [-0.1, -0.05) is 60.5 Å². The molecule has 0 bridgehead atoms. The Morgan fingerprint density at radius 2 is 1.67 bits per heavy atom. The molecular formula is C20H24Cl3NO3. The number of hydrogen-bond donors (Lipinski definition) is 0. The number of hydrogen-bond acceptors (Lipinski definition) is 4. The van der Waals surface area contributed by atoms with Crippen LogP contribution in [0.25, 0.3) is 0 Å². The first kappa shape index (κ1) is 23.6. The molecule has 2 aromatic rings. The van der Waals surface area contributed by atoms with Crippen LogP contribution in [0, 0.1) is 0 Å². The van der Waals surface area contributed by atoms with E-state index in [0.717, 1.165) is 0 Å². The van der Waals surface area contributed by atoms with E-state index in [1.54, 1.807) is 23.3 Å². The lowest BCUT2D eigenvalue weighted by Crippen LogP contribution is -2.45. The van der Waals surface area contributed by atoms with Crippen LogP contribution in [0.15, 0.2) is 48.5 Å². The molecule has 0 aliphatic heterocycles. The molecule has 0 spiro atoms. The van der Waals surface area contributed by atoms with Crippen LogP contribution >= 0.6 is 35.6 Å². The highest BCUT2D eigenvalue weighted by atomic mass is 35.5. The summed E-state index contributed by atoms with van der Waals surface area (Å²) in [5.41, 5.74) is -0.618. The molecular weight excluding hydrogens is 409 g/mol. The molecule has 0 saturated carbocycles. The molecule has 148 valence electrons. The van der Waals surface area contributed by atoms with Crippen molar-refractivity contribution >= 4 is 41.6 Å². The molecule has 4 nitrogen and oxygen atoms in total. The van der Waals surface area contributed by atoms with Crippen LogP contribution < -0.4 is 4.74 Å². The Morgan fingerprint density at radius 3 is 2.19 bits per heavy atom. The number of benzene rings is 2. The highest BCUT2D eigenvalue weighted by Gasteiger charge is 2.44. The number of nitrogens with zero attached hydrogens (tertiary/aromatic N) is 1. The summed E-state index contributed by atoms with van der Waals surface area (Å²) in [5.74, 6) is -0.112. The highest BCUT2D eigenvalue weighted by Crippen LogP contribution is 2.37. The molecule has 7 heteroatoms. The summed E-state index contributed by atoms with van der Waals surface area (Å²) in [6.45, 7) is 6.88. The van der Waals surface area contributed by atoms with Gasteiger partial charge in [-0.25, -0.2) is 4.79 Å².